The second-order valence-electron chi connectivity index (χ2n) is 9.23. The predicted molar refractivity (Wildman–Crippen MR) is 149 cm³/mol. The molecule has 1 fully saturated rings. The average molecular weight is 518 g/mol. The van der Waals surface area contributed by atoms with Crippen molar-refractivity contribution in [1.29, 1.82) is 0 Å². The Labute approximate surface area is 222 Å². The smallest absolute Gasteiger partial charge is 0.319 e. The lowest BCUT2D eigenvalue weighted by Crippen LogP contribution is -2.37. The van der Waals surface area contributed by atoms with Gasteiger partial charge in [-0.1, -0.05) is 24.6 Å². The minimum atomic E-state index is -0.354. The summed E-state index contributed by atoms with van der Waals surface area (Å²) in [7, 11) is 0. The van der Waals surface area contributed by atoms with Crippen LogP contribution in [0.4, 0.5) is 16.3 Å². The molecule has 0 radical (unpaired) electrons. The van der Waals surface area contributed by atoms with E-state index in [4.69, 9.17) is 4.98 Å². The van der Waals surface area contributed by atoms with Gasteiger partial charge in [-0.2, -0.15) is 0 Å². The number of hydrogen-bond donors (Lipinski definition) is 5. The van der Waals surface area contributed by atoms with E-state index in [1.807, 2.05) is 25.1 Å². The number of rotatable bonds is 10. The van der Waals surface area contributed by atoms with Crippen molar-refractivity contribution < 1.29 is 9.59 Å². The molecule has 0 spiro atoms. The Morgan fingerprint density at radius 2 is 1.76 bits per heavy atom. The minimum absolute atomic E-state index is 0.135. The molecule has 0 bridgehead atoms. The molecule has 10 nitrogen and oxygen atoms in total. The van der Waals surface area contributed by atoms with Gasteiger partial charge in [0.15, 0.2) is 0 Å². The van der Waals surface area contributed by atoms with Gasteiger partial charge in [0, 0.05) is 49.7 Å². The molecule has 3 heterocycles. The first-order chi connectivity index (χ1) is 18.5. The molecule has 38 heavy (non-hydrogen) atoms. The largest absolute Gasteiger partial charge is 0.370 e. The summed E-state index contributed by atoms with van der Waals surface area (Å²) in [4.78, 5) is 45.9. The van der Waals surface area contributed by atoms with Gasteiger partial charge in [0.05, 0.1) is 11.3 Å². The van der Waals surface area contributed by atoms with E-state index < -0.39 is 0 Å². The lowest BCUT2D eigenvalue weighted by molar-refractivity contribution is 0.0947. The number of hydrogen-bond acceptors (Lipinski definition) is 6. The highest BCUT2D eigenvalue weighted by atomic mass is 16.2. The molecule has 0 saturated carbocycles. The number of carbonyl (C=O) groups is 2. The van der Waals surface area contributed by atoms with Crippen LogP contribution in [0.15, 0.2) is 59.5 Å². The molecule has 4 rings (SSSR count). The van der Waals surface area contributed by atoms with Crippen LogP contribution in [0.3, 0.4) is 0 Å². The number of aromatic amines is 1. The van der Waals surface area contributed by atoms with Crippen molar-refractivity contribution in [2.75, 3.05) is 43.4 Å². The number of urea groups is 1. The summed E-state index contributed by atoms with van der Waals surface area (Å²) < 4.78 is 0. The van der Waals surface area contributed by atoms with E-state index in [-0.39, 0.29) is 24.0 Å². The van der Waals surface area contributed by atoms with Gasteiger partial charge in [-0.25, -0.2) is 9.78 Å². The van der Waals surface area contributed by atoms with Crippen molar-refractivity contribution in [3.8, 4) is 11.3 Å². The molecular formula is C28H35N7O3. The third kappa shape index (κ3) is 7.66. The number of likely N-dealkylation sites (tertiary alicyclic amines) is 1. The van der Waals surface area contributed by atoms with Crippen LogP contribution in [0.25, 0.3) is 11.3 Å². The maximum absolute atomic E-state index is 12.9. The van der Waals surface area contributed by atoms with Crippen molar-refractivity contribution in [2.24, 2.45) is 0 Å². The number of anilines is 2. The number of H-pyrrole nitrogens is 1. The van der Waals surface area contributed by atoms with Crippen molar-refractivity contribution in [2.45, 2.75) is 32.7 Å². The monoisotopic (exact) mass is 517 g/mol. The van der Waals surface area contributed by atoms with E-state index in [0.717, 1.165) is 36.5 Å². The molecule has 0 aliphatic carbocycles. The first-order valence-corrected chi connectivity index (χ1v) is 13.1. The number of carbonyl (C=O) groups excluding carboxylic acids is 2. The Balaban J connectivity index is 1.34. The molecule has 1 aliphatic rings. The summed E-state index contributed by atoms with van der Waals surface area (Å²) in [5.41, 5.74) is 3.33. The fourth-order valence-electron chi connectivity index (χ4n) is 4.35. The number of nitrogens with zero attached hydrogens (tertiary/aromatic N) is 2. The number of piperidine rings is 1. The number of nitrogens with one attached hydrogen (secondary N) is 5. The van der Waals surface area contributed by atoms with E-state index in [1.54, 1.807) is 30.5 Å². The number of aromatic nitrogens is 2. The Morgan fingerprint density at radius 1 is 0.974 bits per heavy atom. The number of benzene rings is 1. The summed E-state index contributed by atoms with van der Waals surface area (Å²) in [5.74, 6) is 0.411. The second kappa shape index (κ2) is 13.4. The zero-order valence-electron chi connectivity index (χ0n) is 21.7. The Bertz CT molecular complexity index is 1260. The van der Waals surface area contributed by atoms with Gasteiger partial charge in [-0.15, -0.1) is 0 Å². The fraction of sp³-hybridized carbons (Fsp3) is 0.357. The summed E-state index contributed by atoms with van der Waals surface area (Å²) in [6.45, 7) is 6.57. The van der Waals surface area contributed by atoms with E-state index in [0.29, 0.717) is 30.2 Å². The fourth-order valence-corrected chi connectivity index (χ4v) is 4.35. The van der Waals surface area contributed by atoms with Crippen LogP contribution in [-0.4, -0.2) is 59.5 Å². The highest BCUT2D eigenvalue weighted by molar-refractivity contribution is 5.99. The molecular weight excluding hydrogens is 482 g/mol. The zero-order valence-corrected chi connectivity index (χ0v) is 21.7. The van der Waals surface area contributed by atoms with Crippen LogP contribution in [0.1, 0.15) is 42.1 Å². The normalized spacial score (nSPS) is 13.5. The molecule has 200 valence electrons. The molecule has 5 N–H and O–H groups in total. The van der Waals surface area contributed by atoms with Crippen LogP contribution in [0.2, 0.25) is 0 Å². The van der Waals surface area contributed by atoms with Crippen LogP contribution >= 0.6 is 0 Å². The minimum Gasteiger partial charge on any atom is -0.370 e. The van der Waals surface area contributed by atoms with E-state index in [9.17, 15) is 14.4 Å². The Kier molecular flexibility index (Phi) is 9.47. The standard InChI is InChI=1S/C28H35N7O3/c1-2-29-26-23(27(37)30-14-17-35-15-4-3-5-16-35)11-12-24(34-26)21-7-9-22(10-8-21)33-28(38)32-19-20-6-13-25(36)31-18-20/h6-13,18H,2-5,14-17,19H2,1H3,(H,29,34)(H,30,37)(H,31,36)(H2,32,33,38). The van der Waals surface area contributed by atoms with Crippen LogP contribution in [-0.2, 0) is 6.54 Å². The van der Waals surface area contributed by atoms with E-state index >= 15 is 0 Å². The summed E-state index contributed by atoms with van der Waals surface area (Å²) in [5, 5.41) is 11.8. The van der Waals surface area contributed by atoms with Crippen molar-refractivity contribution in [1.82, 2.24) is 25.5 Å². The number of amides is 3. The Hall–Kier alpha value is -4.18. The maximum atomic E-state index is 12.9. The highest BCUT2D eigenvalue weighted by Gasteiger charge is 2.15. The van der Waals surface area contributed by atoms with E-state index in [2.05, 4.69) is 31.2 Å². The molecule has 10 heteroatoms. The maximum Gasteiger partial charge on any atom is 0.319 e. The van der Waals surface area contributed by atoms with Gasteiger partial charge in [-0.3, -0.25) is 9.59 Å². The van der Waals surface area contributed by atoms with Crippen LogP contribution < -0.4 is 26.8 Å². The van der Waals surface area contributed by atoms with Gasteiger partial charge < -0.3 is 31.2 Å². The van der Waals surface area contributed by atoms with Gasteiger partial charge in [0.25, 0.3) is 5.91 Å². The summed E-state index contributed by atoms with van der Waals surface area (Å²) in [6, 6.07) is 13.7. The molecule has 1 aromatic carbocycles. The van der Waals surface area contributed by atoms with Gasteiger partial charge in [0.1, 0.15) is 5.82 Å². The summed E-state index contributed by atoms with van der Waals surface area (Å²) in [6.07, 6.45) is 5.32. The van der Waals surface area contributed by atoms with E-state index in [1.165, 1.54) is 25.3 Å². The quantitative estimate of drug-likeness (QED) is 0.280. The lowest BCUT2D eigenvalue weighted by Gasteiger charge is -2.26. The third-order valence-electron chi connectivity index (χ3n) is 6.39. The van der Waals surface area contributed by atoms with Gasteiger partial charge >= 0.3 is 6.03 Å². The van der Waals surface area contributed by atoms with Crippen LogP contribution in [0, 0.1) is 0 Å². The second-order valence-corrected chi connectivity index (χ2v) is 9.23. The first-order valence-electron chi connectivity index (χ1n) is 13.1. The molecule has 3 aromatic rings. The molecule has 2 aromatic heterocycles. The SMILES string of the molecule is CCNc1nc(-c2ccc(NC(=O)NCc3ccc(=O)[nH]c3)cc2)ccc1C(=O)NCCN1CCCCC1. The molecule has 1 aliphatic heterocycles. The first kappa shape index (κ1) is 26.9. The molecule has 0 unspecified atom stereocenters. The van der Waals surface area contributed by atoms with Gasteiger partial charge in [-0.05, 0) is 62.7 Å². The van der Waals surface area contributed by atoms with Crippen molar-refractivity contribution in [3.63, 3.8) is 0 Å². The van der Waals surface area contributed by atoms with Crippen molar-refractivity contribution >= 4 is 23.4 Å². The molecule has 3 amide bonds. The zero-order chi connectivity index (χ0) is 26.7. The third-order valence-corrected chi connectivity index (χ3v) is 6.39. The topological polar surface area (TPSA) is 131 Å². The highest BCUT2D eigenvalue weighted by Crippen LogP contribution is 2.23. The molecule has 0 atom stereocenters. The Morgan fingerprint density at radius 3 is 2.47 bits per heavy atom. The van der Waals surface area contributed by atoms with Gasteiger partial charge in [0.2, 0.25) is 5.56 Å². The van der Waals surface area contributed by atoms with Crippen molar-refractivity contribution in [3.05, 3.63) is 76.2 Å². The predicted octanol–water partition coefficient (Wildman–Crippen LogP) is 3.41. The average Bonchev–Trinajstić information content (AvgIpc) is 2.94. The molecule has 1 saturated heterocycles. The van der Waals surface area contributed by atoms with Crippen LogP contribution in [0.5, 0.6) is 0 Å². The lowest BCUT2D eigenvalue weighted by atomic mass is 10.1. The summed E-state index contributed by atoms with van der Waals surface area (Å²) >= 11 is 0. The number of pyridine rings is 2.